The fourth-order valence-electron chi connectivity index (χ4n) is 2.72. The second-order valence-corrected chi connectivity index (χ2v) is 5.29. The number of aryl methyl sites for hydroxylation is 1. The van der Waals surface area contributed by atoms with Crippen LogP contribution in [0.25, 0.3) is 6.08 Å². The number of hydrogen-bond donors (Lipinski definition) is 0. The van der Waals surface area contributed by atoms with Crippen LogP contribution in [0.3, 0.4) is 0 Å². The smallest absolute Gasteiger partial charge is 0.189 e. The van der Waals surface area contributed by atoms with Gasteiger partial charge in [-0.05, 0) is 60.4 Å². The number of Topliss-reactive ketones (excluding diaryl/α,β-unsaturated/α-hetero) is 1. The number of allylic oxidation sites excluding steroid dienone is 1. The molecular weight excluding hydrogens is 276 g/mol. The molecule has 2 aromatic carbocycles. The fourth-order valence-corrected chi connectivity index (χ4v) is 2.72. The molecule has 0 heterocycles. The summed E-state index contributed by atoms with van der Waals surface area (Å²) in [6.07, 6.45) is 3.58. The Labute approximate surface area is 130 Å². The lowest BCUT2D eigenvalue weighted by Gasteiger charge is -2.18. The minimum Gasteiger partial charge on any atom is -0.497 e. The van der Waals surface area contributed by atoms with Crippen LogP contribution in [0.2, 0.25) is 0 Å². The van der Waals surface area contributed by atoms with Crippen molar-refractivity contribution >= 4 is 11.9 Å². The molecule has 0 fully saturated rings. The molecule has 0 saturated heterocycles. The number of ether oxygens (including phenoxy) is 2. The lowest BCUT2D eigenvalue weighted by atomic mass is 9.86. The third-order valence-electron chi connectivity index (χ3n) is 3.97. The third kappa shape index (κ3) is 2.75. The fraction of sp³-hybridized carbons (Fsp3) is 0.211. The van der Waals surface area contributed by atoms with Gasteiger partial charge in [-0.25, -0.2) is 0 Å². The molecule has 3 nitrogen and oxygen atoms in total. The predicted octanol–water partition coefficient (Wildman–Crippen LogP) is 3.92. The average Bonchev–Trinajstić information content (AvgIpc) is 2.57. The van der Waals surface area contributed by atoms with Crippen molar-refractivity contribution in [3.63, 3.8) is 0 Å². The molecule has 0 radical (unpaired) electrons. The first-order valence-corrected chi connectivity index (χ1v) is 7.27. The number of carbonyl (C=O) groups excluding carboxylic acids is 1. The molecule has 1 aliphatic carbocycles. The maximum Gasteiger partial charge on any atom is 0.189 e. The van der Waals surface area contributed by atoms with Gasteiger partial charge in [0.2, 0.25) is 0 Å². The Morgan fingerprint density at radius 3 is 2.27 bits per heavy atom. The molecule has 3 heteroatoms. The SMILES string of the molecule is COc1ccc(/C=C2/CCc3cc(OC)ccc3C2=O)cc1. The van der Waals surface area contributed by atoms with Crippen molar-refractivity contribution in [2.24, 2.45) is 0 Å². The first-order valence-electron chi connectivity index (χ1n) is 7.27. The van der Waals surface area contributed by atoms with Crippen molar-refractivity contribution in [2.45, 2.75) is 12.8 Å². The standard InChI is InChI=1S/C19H18O3/c1-21-16-7-3-13(4-8-16)11-15-6-5-14-12-17(22-2)9-10-18(14)19(15)20/h3-4,7-12H,5-6H2,1-2H3/b15-11-. The number of ketones is 1. The minimum absolute atomic E-state index is 0.111. The van der Waals surface area contributed by atoms with Gasteiger partial charge in [-0.2, -0.15) is 0 Å². The van der Waals surface area contributed by atoms with Gasteiger partial charge in [-0.3, -0.25) is 4.79 Å². The van der Waals surface area contributed by atoms with Crippen molar-refractivity contribution in [2.75, 3.05) is 14.2 Å². The van der Waals surface area contributed by atoms with Gasteiger partial charge in [0.1, 0.15) is 11.5 Å². The number of methoxy groups -OCH3 is 2. The number of carbonyl (C=O) groups is 1. The van der Waals surface area contributed by atoms with Crippen LogP contribution in [-0.2, 0) is 6.42 Å². The lowest BCUT2D eigenvalue weighted by molar-refractivity contribution is 0.102. The molecule has 0 unspecified atom stereocenters. The molecule has 0 saturated carbocycles. The minimum atomic E-state index is 0.111. The second-order valence-electron chi connectivity index (χ2n) is 5.29. The Morgan fingerprint density at radius 2 is 1.59 bits per heavy atom. The van der Waals surface area contributed by atoms with Crippen molar-refractivity contribution in [1.29, 1.82) is 0 Å². The van der Waals surface area contributed by atoms with E-state index in [1.54, 1.807) is 14.2 Å². The van der Waals surface area contributed by atoms with Crippen LogP contribution >= 0.6 is 0 Å². The van der Waals surface area contributed by atoms with Gasteiger partial charge in [-0.15, -0.1) is 0 Å². The molecule has 0 bridgehead atoms. The van der Waals surface area contributed by atoms with E-state index in [1.807, 2.05) is 48.5 Å². The number of fused-ring (bicyclic) bond motifs is 1. The van der Waals surface area contributed by atoms with E-state index in [4.69, 9.17) is 9.47 Å². The lowest BCUT2D eigenvalue weighted by Crippen LogP contribution is -2.14. The molecule has 3 rings (SSSR count). The number of hydrogen-bond acceptors (Lipinski definition) is 3. The summed E-state index contributed by atoms with van der Waals surface area (Å²) < 4.78 is 10.4. The maximum absolute atomic E-state index is 12.6. The van der Waals surface area contributed by atoms with E-state index < -0.39 is 0 Å². The zero-order valence-corrected chi connectivity index (χ0v) is 12.8. The summed E-state index contributed by atoms with van der Waals surface area (Å²) in [5.74, 6) is 1.73. The van der Waals surface area contributed by atoms with Crippen LogP contribution in [0, 0.1) is 0 Å². The highest BCUT2D eigenvalue weighted by Crippen LogP contribution is 2.29. The third-order valence-corrected chi connectivity index (χ3v) is 3.97. The summed E-state index contributed by atoms with van der Waals surface area (Å²) in [6.45, 7) is 0. The highest BCUT2D eigenvalue weighted by atomic mass is 16.5. The first kappa shape index (κ1) is 14.4. The van der Waals surface area contributed by atoms with Gasteiger partial charge in [0.15, 0.2) is 5.78 Å². The molecular formula is C19H18O3. The predicted molar refractivity (Wildman–Crippen MR) is 86.6 cm³/mol. The Morgan fingerprint density at radius 1 is 0.909 bits per heavy atom. The van der Waals surface area contributed by atoms with Gasteiger partial charge in [0.25, 0.3) is 0 Å². The summed E-state index contributed by atoms with van der Waals surface area (Å²) in [4.78, 5) is 12.6. The van der Waals surface area contributed by atoms with Crippen molar-refractivity contribution < 1.29 is 14.3 Å². The normalized spacial score (nSPS) is 15.5. The van der Waals surface area contributed by atoms with Gasteiger partial charge >= 0.3 is 0 Å². The molecule has 2 aromatic rings. The van der Waals surface area contributed by atoms with Gasteiger partial charge in [-0.1, -0.05) is 12.1 Å². The van der Waals surface area contributed by atoms with Crippen molar-refractivity contribution in [1.82, 2.24) is 0 Å². The van der Waals surface area contributed by atoms with E-state index in [1.165, 1.54) is 0 Å². The molecule has 112 valence electrons. The summed E-state index contributed by atoms with van der Waals surface area (Å²) in [5, 5.41) is 0. The molecule has 0 amide bonds. The number of rotatable bonds is 3. The van der Waals surface area contributed by atoms with Crippen LogP contribution in [-0.4, -0.2) is 20.0 Å². The van der Waals surface area contributed by atoms with Crippen LogP contribution < -0.4 is 9.47 Å². The Bertz CT molecular complexity index is 727. The van der Waals surface area contributed by atoms with Crippen LogP contribution in [0.5, 0.6) is 11.5 Å². The average molecular weight is 294 g/mol. The second kappa shape index (κ2) is 6.06. The van der Waals surface area contributed by atoms with E-state index in [0.717, 1.165) is 46.6 Å². The first-order chi connectivity index (χ1) is 10.7. The monoisotopic (exact) mass is 294 g/mol. The Balaban J connectivity index is 1.89. The summed E-state index contributed by atoms with van der Waals surface area (Å²) in [5.41, 5.74) is 3.71. The van der Waals surface area contributed by atoms with E-state index in [-0.39, 0.29) is 5.78 Å². The van der Waals surface area contributed by atoms with Crippen LogP contribution in [0.1, 0.15) is 27.9 Å². The molecule has 0 N–H and O–H groups in total. The van der Waals surface area contributed by atoms with Crippen LogP contribution in [0.4, 0.5) is 0 Å². The van der Waals surface area contributed by atoms with E-state index in [2.05, 4.69) is 0 Å². The van der Waals surface area contributed by atoms with Crippen LogP contribution in [0.15, 0.2) is 48.0 Å². The Hall–Kier alpha value is -2.55. The zero-order valence-electron chi connectivity index (χ0n) is 12.8. The maximum atomic E-state index is 12.6. The van der Waals surface area contributed by atoms with E-state index >= 15 is 0 Å². The molecule has 22 heavy (non-hydrogen) atoms. The van der Waals surface area contributed by atoms with Gasteiger partial charge in [0, 0.05) is 11.1 Å². The van der Waals surface area contributed by atoms with Crippen molar-refractivity contribution in [3.05, 3.63) is 64.7 Å². The zero-order chi connectivity index (χ0) is 15.5. The van der Waals surface area contributed by atoms with E-state index in [9.17, 15) is 4.79 Å². The highest BCUT2D eigenvalue weighted by molar-refractivity contribution is 6.13. The molecule has 0 aliphatic heterocycles. The highest BCUT2D eigenvalue weighted by Gasteiger charge is 2.22. The topological polar surface area (TPSA) is 35.5 Å². The summed E-state index contributed by atoms with van der Waals surface area (Å²) in [6, 6.07) is 13.4. The molecule has 0 aromatic heterocycles. The summed E-state index contributed by atoms with van der Waals surface area (Å²) >= 11 is 0. The van der Waals surface area contributed by atoms with Gasteiger partial charge in [0.05, 0.1) is 14.2 Å². The van der Waals surface area contributed by atoms with E-state index in [0.29, 0.717) is 0 Å². The summed E-state index contributed by atoms with van der Waals surface area (Å²) in [7, 11) is 3.28. The number of benzene rings is 2. The Kier molecular flexibility index (Phi) is 3.96. The van der Waals surface area contributed by atoms with Gasteiger partial charge < -0.3 is 9.47 Å². The van der Waals surface area contributed by atoms with Crippen molar-refractivity contribution in [3.8, 4) is 11.5 Å². The molecule has 1 aliphatic rings. The molecule has 0 spiro atoms. The quantitative estimate of drug-likeness (QED) is 0.805. The largest absolute Gasteiger partial charge is 0.497 e. The molecule has 0 atom stereocenters.